The molecule has 0 heterocycles. The van der Waals surface area contributed by atoms with Gasteiger partial charge in [-0.2, -0.15) is 0 Å². The highest BCUT2D eigenvalue weighted by molar-refractivity contribution is 5.36. The molecule has 3 rings (SSSR count). The highest BCUT2D eigenvalue weighted by Crippen LogP contribution is 2.29. The maximum atomic E-state index is 6.05. The van der Waals surface area contributed by atoms with Gasteiger partial charge in [0, 0.05) is 13.2 Å². The van der Waals surface area contributed by atoms with Crippen LogP contribution in [-0.4, -0.2) is 33.5 Å². The predicted octanol–water partition coefficient (Wildman–Crippen LogP) is 3.63. The lowest BCUT2D eigenvalue weighted by Crippen LogP contribution is -2.37. The Morgan fingerprint density at radius 2 is 1.86 bits per heavy atom. The van der Waals surface area contributed by atoms with E-state index in [1.54, 1.807) is 0 Å². The van der Waals surface area contributed by atoms with E-state index in [-0.39, 0.29) is 6.04 Å². The monoisotopic (exact) mass is 383 g/mol. The van der Waals surface area contributed by atoms with Crippen molar-refractivity contribution in [1.82, 2.24) is 16.2 Å². The zero-order valence-electron chi connectivity index (χ0n) is 16.8. The zero-order valence-corrected chi connectivity index (χ0v) is 16.8. The van der Waals surface area contributed by atoms with Gasteiger partial charge in [-0.1, -0.05) is 48.9 Å². The van der Waals surface area contributed by atoms with Gasteiger partial charge in [0.2, 0.25) is 0 Å². The molecule has 0 amide bonds. The second-order valence-corrected chi connectivity index (χ2v) is 7.35. The minimum Gasteiger partial charge on any atom is -0.493 e. The maximum Gasteiger partial charge on any atom is 0.119 e. The molecule has 1 aliphatic rings. The Kier molecular flexibility index (Phi) is 8.78. The van der Waals surface area contributed by atoms with Crippen LogP contribution in [0.5, 0.6) is 5.75 Å². The third-order valence-corrected chi connectivity index (χ3v) is 5.12. The van der Waals surface area contributed by atoms with Crippen LogP contribution in [0.2, 0.25) is 0 Å². The molecule has 0 radical (unpaired) electrons. The first-order valence-corrected chi connectivity index (χ1v) is 10.4. The molecule has 5 nitrogen and oxygen atoms in total. The third kappa shape index (κ3) is 6.60. The molecule has 1 saturated carbocycles. The van der Waals surface area contributed by atoms with E-state index >= 15 is 0 Å². The molecule has 1 aliphatic carbocycles. The van der Waals surface area contributed by atoms with Gasteiger partial charge in [0.15, 0.2) is 0 Å². The fourth-order valence-electron chi connectivity index (χ4n) is 3.27. The van der Waals surface area contributed by atoms with E-state index < -0.39 is 0 Å². The highest BCUT2D eigenvalue weighted by atomic mass is 16.5. The van der Waals surface area contributed by atoms with E-state index in [0.717, 1.165) is 37.8 Å². The summed E-state index contributed by atoms with van der Waals surface area (Å²) in [5.74, 6) is 1.69. The number of hydrogen-bond donors (Lipinski definition) is 3. The van der Waals surface area contributed by atoms with Crippen molar-refractivity contribution < 1.29 is 9.47 Å². The summed E-state index contributed by atoms with van der Waals surface area (Å²) in [6.45, 7) is 2.99. The SMILES string of the molecule is CNCOCCCNNC(c1ccccc1)c1cccc(OCC2CCC2)c1. The second kappa shape index (κ2) is 11.8. The molecule has 1 unspecified atom stereocenters. The Labute approximate surface area is 168 Å². The first-order chi connectivity index (χ1) is 13.9. The quantitative estimate of drug-likeness (QED) is 0.280. The van der Waals surface area contributed by atoms with Gasteiger partial charge in [0.25, 0.3) is 0 Å². The van der Waals surface area contributed by atoms with Crippen molar-refractivity contribution in [3.8, 4) is 5.75 Å². The maximum absolute atomic E-state index is 6.05. The van der Waals surface area contributed by atoms with Gasteiger partial charge in [-0.25, -0.2) is 5.43 Å². The lowest BCUT2D eigenvalue weighted by molar-refractivity contribution is 0.119. The van der Waals surface area contributed by atoms with Gasteiger partial charge in [0.1, 0.15) is 5.75 Å². The molecule has 0 saturated heterocycles. The number of ether oxygens (including phenoxy) is 2. The van der Waals surface area contributed by atoms with Gasteiger partial charge in [-0.15, -0.1) is 0 Å². The average Bonchev–Trinajstić information content (AvgIpc) is 2.70. The van der Waals surface area contributed by atoms with Crippen LogP contribution < -0.4 is 20.9 Å². The van der Waals surface area contributed by atoms with Crippen LogP contribution in [0.25, 0.3) is 0 Å². The molecule has 1 fully saturated rings. The molecular weight excluding hydrogens is 350 g/mol. The van der Waals surface area contributed by atoms with Crippen LogP contribution in [0.15, 0.2) is 54.6 Å². The Bertz CT molecular complexity index is 677. The summed E-state index contributed by atoms with van der Waals surface area (Å²) in [6.07, 6.45) is 4.89. The van der Waals surface area contributed by atoms with Crippen molar-refractivity contribution in [2.24, 2.45) is 5.92 Å². The molecule has 152 valence electrons. The largest absolute Gasteiger partial charge is 0.493 e. The summed E-state index contributed by atoms with van der Waals surface area (Å²) in [5, 5.41) is 2.98. The van der Waals surface area contributed by atoms with E-state index in [1.807, 2.05) is 13.1 Å². The van der Waals surface area contributed by atoms with Crippen LogP contribution in [0.4, 0.5) is 0 Å². The molecule has 3 N–H and O–H groups in total. The molecule has 2 aromatic carbocycles. The summed E-state index contributed by atoms with van der Waals surface area (Å²) in [7, 11) is 1.88. The van der Waals surface area contributed by atoms with Gasteiger partial charge in [-0.3, -0.25) is 10.7 Å². The Morgan fingerprint density at radius 1 is 1.04 bits per heavy atom. The first kappa shape index (κ1) is 20.8. The van der Waals surface area contributed by atoms with Crippen LogP contribution in [0.1, 0.15) is 42.9 Å². The summed E-state index contributed by atoms with van der Waals surface area (Å²) in [5.41, 5.74) is 9.25. The van der Waals surface area contributed by atoms with E-state index in [1.165, 1.54) is 30.4 Å². The number of rotatable bonds is 13. The number of hydrogen-bond acceptors (Lipinski definition) is 5. The van der Waals surface area contributed by atoms with E-state index in [4.69, 9.17) is 9.47 Å². The first-order valence-electron chi connectivity index (χ1n) is 10.4. The standard InChI is InChI=1S/C23H33N3O2/c1-24-18-27-15-7-14-25-26-23(20-10-3-2-4-11-20)21-12-6-13-22(16-21)28-17-19-8-5-9-19/h2-4,6,10-13,16,19,23-26H,5,7-9,14-15,17-18H2,1H3. The molecule has 1 atom stereocenters. The van der Waals surface area contributed by atoms with Gasteiger partial charge < -0.3 is 9.47 Å². The molecule has 2 aromatic rings. The smallest absolute Gasteiger partial charge is 0.119 e. The summed E-state index contributed by atoms with van der Waals surface area (Å²) in [4.78, 5) is 0. The van der Waals surface area contributed by atoms with E-state index in [2.05, 4.69) is 64.7 Å². The topological polar surface area (TPSA) is 54.5 Å². The number of nitrogens with one attached hydrogen (secondary N) is 3. The van der Waals surface area contributed by atoms with Gasteiger partial charge in [-0.05, 0) is 55.5 Å². The Balaban J connectivity index is 1.58. The fourth-order valence-corrected chi connectivity index (χ4v) is 3.27. The van der Waals surface area contributed by atoms with Crippen LogP contribution in [0.3, 0.4) is 0 Å². The summed E-state index contributed by atoms with van der Waals surface area (Å²) < 4.78 is 11.5. The summed E-state index contributed by atoms with van der Waals surface area (Å²) >= 11 is 0. The van der Waals surface area contributed by atoms with Crippen molar-refractivity contribution >= 4 is 0 Å². The van der Waals surface area contributed by atoms with Crippen molar-refractivity contribution in [2.75, 3.05) is 33.5 Å². The van der Waals surface area contributed by atoms with Gasteiger partial charge in [0.05, 0.1) is 19.4 Å². The highest BCUT2D eigenvalue weighted by Gasteiger charge is 2.18. The minimum atomic E-state index is 0.0617. The molecule has 0 spiro atoms. The average molecular weight is 384 g/mol. The fraction of sp³-hybridized carbons (Fsp3) is 0.478. The Morgan fingerprint density at radius 3 is 2.61 bits per heavy atom. The zero-order chi connectivity index (χ0) is 19.4. The lowest BCUT2D eigenvalue weighted by Gasteiger charge is -2.25. The predicted molar refractivity (Wildman–Crippen MR) is 113 cm³/mol. The van der Waals surface area contributed by atoms with E-state index in [9.17, 15) is 0 Å². The summed E-state index contributed by atoms with van der Waals surface area (Å²) in [6, 6.07) is 19.0. The second-order valence-electron chi connectivity index (χ2n) is 7.35. The minimum absolute atomic E-state index is 0.0617. The van der Waals surface area contributed by atoms with E-state index in [0.29, 0.717) is 6.73 Å². The number of hydrazine groups is 1. The van der Waals surface area contributed by atoms with Crippen molar-refractivity contribution in [3.63, 3.8) is 0 Å². The third-order valence-electron chi connectivity index (χ3n) is 5.12. The van der Waals surface area contributed by atoms with Crippen molar-refractivity contribution in [2.45, 2.75) is 31.7 Å². The van der Waals surface area contributed by atoms with Crippen molar-refractivity contribution in [1.29, 1.82) is 0 Å². The molecule has 0 bridgehead atoms. The van der Waals surface area contributed by atoms with Crippen LogP contribution in [0, 0.1) is 5.92 Å². The van der Waals surface area contributed by atoms with Crippen LogP contribution >= 0.6 is 0 Å². The molecule has 0 aromatic heterocycles. The molecule has 0 aliphatic heterocycles. The number of benzene rings is 2. The van der Waals surface area contributed by atoms with Crippen LogP contribution in [-0.2, 0) is 4.74 Å². The molecule has 28 heavy (non-hydrogen) atoms. The van der Waals surface area contributed by atoms with Gasteiger partial charge >= 0.3 is 0 Å². The van der Waals surface area contributed by atoms with Crippen molar-refractivity contribution in [3.05, 3.63) is 65.7 Å². The lowest BCUT2D eigenvalue weighted by atomic mass is 9.86. The normalized spacial score (nSPS) is 15.2. The molecule has 5 heteroatoms. The molecular formula is C23H33N3O2. The Hall–Kier alpha value is -1.92.